The molecular weight excluding hydrogens is 156 g/mol. The van der Waals surface area contributed by atoms with E-state index in [4.69, 9.17) is 0 Å². The molecule has 0 unspecified atom stereocenters. The van der Waals surface area contributed by atoms with Gasteiger partial charge in [-0.2, -0.15) is 0 Å². The van der Waals surface area contributed by atoms with E-state index in [1.807, 2.05) is 0 Å². The summed E-state index contributed by atoms with van der Waals surface area (Å²) >= 11 is 0. The molecule has 0 nitrogen and oxygen atoms in total. The predicted octanol–water partition coefficient (Wildman–Crippen LogP) is 4.40. The molecule has 1 rings (SSSR count). The maximum Gasteiger partial charge on any atom is -0.0276 e. The average molecular weight is 176 g/mol. The number of hydrogen-bond acceptors (Lipinski definition) is 0. The zero-order valence-electron chi connectivity index (χ0n) is 8.90. The third-order valence-electron chi connectivity index (χ3n) is 2.76. The number of hydrogen-bond donors (Lipinski definition) is 0. The van der Waals surface area contributed by atoms with E-state index in [2.05, 4.69) is 32.6 Å². The van der Waals surface area contributed by atoms with E-state index >= 15 is 0 Å². The third-order valence-corrected chi connectivity index (χ3v) is 2.76. The van der Waals surface area contributed by atoms with Gasteiger partial charge in [-0.05, 0) is 44.6 Å². The van der Waals surface area contributed by atoms with Crippen molar-refractivity contribution in [1.82, 2.24) is 0 Å². The van der Waals surface area contributed by atoms with E-state index in [0.717, 1.165) is 6.42 Å². The van der Waals surface area contributed by atoms with Crippen molar-refractivity contribution in [3.8, 4) is 0 Å². The summed E-state index contributed by atoms with van der Waals surface area (Å²) in [4.78, 5) is 0. The molecule has 0 amide bonds. The molecule has 1 aliphatic rings. The molecule has 0 atom stereocenters. The van der Waals surface area contributed by atoms with E-state index < -0.39 is 0 Å². The summed E-state index contributed by atoms with van der Waals surface area (Å²) in [6.45, 7) is 8.48. The summed E-state index contributed by atoms with van der Waals surface area (Å²) < 4.78 is 0. The van der Waals surface area contributed by atoms with Crippen LogP contribution in [0.5, 0.6) is 0 Å². The number of rotatable bonds is 2. The van der Waals surface area contributed by atoms with Crippen LogP contribution in [0.25, 0.3) is 0 Å². The van der Waals surface area contributed by atoms with Crippen molar-refractivity contribution in [2.75, 3.05) is 0 Å². The maximum absolute atomic E-state index is 4.10. The molecule has 0 heteroatoms. The highest BCUT2D eigenvalue weighted by Crippen LogP contribution is 2.27. The topological polar surface area (TPSA) is 0 Å². The van der Waals surface area contributed by atoms with E-state index in [9.17, 15) is 0 Å². The van der Waals surface area contributed by atoms with Gasteiger partial charge in [-0.3, -0.25) is 0 Å². The van der Waals surface area contributed by atoms with Crippen molar-refractivity contribution >= 4 is 0 Å². The Kier molecular flexibility index (Phi) is 4.01. The van der Waals surface area contributed by atoms with Gasteiger partial charge in [-0.25, -0.2) is 0 Å². The van der Waals surface area contributed by atoms with Crippen LogP contribution in [0, 0.1) is 0 Å². The highest BCUT2D eigenvalue weighted by molar-refractivity contribution is 5.33. The summed E-state index contributed by atoms with van der Waals surface area (Å²) in [7, 11) is 0. The largest absolute Gasteiger partial charge is 0.0956 e. The molecule has 0 spiro atoms. The van der Waals surface area contributed by atoms with Crippen LogP contribution in [0.3, 0.4) is 0 Å². The van der Waals surface area contributed by atoms with Crippen molar-refractivity contribution in [2.45, 2.75) is 46.0 Å². The molecule has 0 bridgehead atoms. The normalized spacial score (nSPS) is 22.5. The van der Waals surface area contributed by atoms with E-state index in [1.54, 1.807) is 0 Å². The van der Waals surface area contributed by atoms with Crippen LogP contribution in [0.15, 0.2) is 35.5 Å². The summed E-state index contributed by atoms with van der Waals surface area (Å²) in [5.41, 5.74) is 4.27. The summed E-state index contributed by atoms with van der Waals surface area (Å²) in [6, 6.07) is 0. The molecule has 1 fully saturated rings. The van der Waals surface area contributed by atoms with Crippen LogP contribution in [-0.2, 0) is 0 Å². The summed E-state index contributed by atoms with van der Waals surface area (Å²) in [5.74, 6) is 0. The first kappa shape index (κ1) is 10.3. The Morgan fingerprint density at radius 1 is 1.38 bits per heavy atom. The van der Waals surface area contributed by atoms with Crippen LogP contribution in [-0.4, -0.2) is 0 Å². The number of allylic oxidation sites excluding steroid dienone is 5. The minimum absolute atomic E-state index is 1.15. The first-order chi connectivity index (χ1) is 6.24. The lowest BCUT2D eigenvalue weighted by atomic mass is 9.90. The van der Waals surface area contributed by atoms with Gasteiger partial charge in [0.25, 0.3) is 0 Å². The molecule has 72 valence electrons. The second-order valence-electron chi connectivity index (χ2n) is 3.87. The van der Waals surface area contributed by atoms with Crippen LogP contribution in [0.1, 0.15) is 46.0 Å². The average Bonchev–Trinajstić information content (AvgIpc) is 2.16. The smallest absolute Gasteiger partial charge is 0.0276 e. The van der Waals surface area contributed by atoms with Crippen molar-refractivity contribution in [3.63, 3.8) is 0 Å². The van der Waals surface area contributed by atoms with Gasteiger partial charge < -0.3 is 0 Å². The van der Waals surface area contributed by atoms with Gasteiger partial charge in [0.2, 0.25) is 0 Å². The Labute approximate surface area is 82.0 Å². The Morgan fingerprint density at radius 3 is 2.69 bits per heavy atom. The van der Waals surface area contributed by atoms with Crippen molar-refractivity contribution in [3.05, 3.63) is 35.5 Å². The molecule has 0 aromatic heterocycles. The SMILES string of the molecule is C=C1CCCC/C1=C/C=C(/C)CC. The standard InChI is InChI=1S/C13H20/c1-4-11(2)9-10-13-8-6-5-7-12(13)3/h9-10H,3-8H2,1-2H3/b11-9-,13-10-. The Balaban J connectivity index is 2.63. The monoisotopic (exact) mass is 176 g/mol. The lowest BCUT2D eigenvalue weighted by Crippen LogP contribution is -1.96. The predicted molar refractivity (Wildman–Crippen MR) is 59.7 cm³/mol. The second kappa shape index (κ2) is 5.06. The molecule has 13 heavy (non-hydrogen) atoms. The van der Waals surface area contributed by atoms with Crippen LogP contribution < -0.4 is 0 Å². The van der Waals surface area contributed by atoms with E-state index in [1.165, 1.54) is 42.4 Å². The highest BCUT2D eigenvalue weighted by Gasteiger charge is 2.07. The molecule has 0 aromatic carbocycles. The van der Waals surface area contributed by atoms with E-state index in [0.29, 0.717) is 0 Å². The molecule has 1 aliphatic carbocycles. The van der Waals surface area contributed by atoms with E-state index in [-0.39, 0.29) is 0 Å². The first-order valence-electron chi connectivity index (χ1n) is 5.28. The zero-order chi connectivity index (χ0) is 9.68. The molecular formula is C13H20. The van der Waals surface area contributed by atoms with Crippen molar-refractivity contribution in [2.24, 2.45) is 0 Å². The fourth-order valence-corrected chi connectivity index (χ4v) is 1.55. The minimum Gasteiger partial charge on any atom is -0.0956 e. The van der Waals surface area contributed by atoms with Crippen LogP contribution in [0.2, 0.25) is 0 Å². The molecule has 0 radical (unpaired) electrons. The molecule has 0 N–H and O–H groups in total. The first-order valence-corrected chi connectivity index (χ1v) is 5.28. The van der Waals surface area contributed by atoms with Gasteiger partial charge in [0.15, 0.2) is 0 Å². The van der Waals surface area contributed by atoms with Crippen molar-refractivity contribution < 1.29 is 0 Å². The Bertz CT molecular complexity index is 241. The van der Waals surface area contributed by atoms with Gasteiger partial charge in [0, 0.05) is 0 Å². The van der Waals surface area contributed by atoms with Gasteiger partial charge in [-0.1, -0.05) is 36.8 Å². The second-order valence-corrected chi connectivity index (χ2v) is 3.87. The summed E-state index contributed by atoms with van der Waals surface area (Å²) in [6.07, 6.45) is 10.7. The summed E-state index contributed by atoms with van der Waals surface area (Å²) in [5, 5.41) is 0. The fourth-order valence-electron chi connectivity index (χ4n) is 1.55. The maximum atomic E-state index is 4.10. The van der Waals surface area contributed by atoms with Crippen molar-refractivity contribution in [1.29, 1.82) is 0 Å². The quantitative estimate of drug-likeness (QED) is 0.585. The van der Waals surface area contributed by atoms with Gasteiger partial charge >= 0.3 is 0 Å². The fraction of sp³-hybridized carbons (Fsp3) is 0.538. The van der Waals surface area contributed by atoms with Crippen LogP contribution in [0.4, 0.5) is 0 Å². The Hall–Kier alpha value is -0.780. The minimum atomic E-state index is 1.15. The lowest BCUT2D eigenvalue weighted by Gasteiger charge is -2.16. The molecule has 0 heterocycles. The lowest BCUT2D eigenvalue weighted by molar-refractivity contribution is 0.681. The van der Waals surface area contributed by atoms with Gasteiger partial charge in [-0.15, -0.1) is 0 Å². The van der Waals surface area contributed by atoms with Gasteiger partial charge in [0.05, 0.1) is 0 Å². The Morgan fingerprint density at radius 2 is 2.08 bits per heavy atom. The molecule has 0 aliphatic heterocycles. The zero-order valence-corrected chi connectivity index (χ0v) is 8.90. The van der Waals surface area contributed by atoms with Crippen LogP contribution >= 0.6 is 0 Å². The molecule has 0 aromatic rings. The highest BCUT2D eigenvalue weighted by atomic mass is 14.1. The molecule has 0 saturated heterocycles. The third kappa shape index (κ3) is 3.22. The molecule has 1 saturated carbocycles. The van der Waals surface area contributed by atoms with Gasteiger partial charge in [0.1, 0.15) is 0 Å².